The van der Waals surface area contributed by atoms with Crippen LogP contribution in [0, 0.1) is 28.6 Å². The standard InChI is InChI=1S/C24H34N2O9.C3H6N6/c1-22-9-16(29)20-14(15(22)5-6-24(22,33)17(30)11-27)4-3-12-7-13(28)8-18(23(12,20)2)35-19(31)10-26(34)21(25)32;4-1-7-2(5)9-3(6)8-1/h7,14-16,18,20,27,29,33-34H,3-6,8-11H2,1-2H3,(H2,25,32);(H6,4,5,6,7,8,9)/t14-,15-,16-,18?,20+,22-,23+,24-;/m0./s1. The molecule has 0 spiro atoms. The van der Waals surface area contributed by atoms with Crippen molar-refractivity contribution in [3.63, 3.8) is 0 Å². The third-order valence-corrected chi connectivity index (χ3v) is 10.2. The molecule has 0 radical (unpaired) electrons. The minimum absolute atomic E-state index is 0.0220. The third kappa shape index (κ3) is 5.55. The quantitative estimate of drug-likeness (QED) is 0.108. The van der Waals surface area contributed by atoms with Gasteiger partial charge in [0.2, 0.25) is 17.8 Å². The van der Waals surface area contributed by atoms with E-state index in [1.165, 1.54) is 0 Å². The number of nitrogens with zero attached hydrogens (tertiary/aromatic N) is 4. The van der Waals surface area contributed by atoms with Crippen molar-refractivity contribution in [3.05, 3.63) is 11.6 Å². The summed E-state index contributed by atoms with van der Waals surface area (Å²) in [7, 11) is 0. The number of nitrogen functional groups attached to an aromatic ring is 3. The number of hydrogen-bond donors (Lipinski definition) is 8. The molecule has 1 aromatic rings. The van der Waals surface area contributed by atoms with Gasteiger partial charge in [-0.3, -0.25) is 19.6 Å². The summed E-state index contributed by atoms with van der Waals surface area (Å²) in [4.78, 5) is 59.1. The van der Waals surface area contributed by atoms with Gasteiger partial charge in [-0.15, -0.1) is 0 Å². The van der Waals surface area contributed by atoms with E-state index in [1.54, 1.807) is 13.0 Å². The smallest absolute Gasteiger partial charge is 0.339 e. The number of carbonyl (C=O) groups is 4. The minimum Gasteiger partial charge on any atom is -0.460 e. The van der Waals surface area contributed by atoms with E-state index in [-0.39, 0.29) is 59.8 Å². The second-order valence-corrected chi connectivity index (χ2v) is 12.4. The number of anilines is 3. The molecule has 242 valence electrons. The number of aliphatic hydroxyl groups is 3. The predicted octanol–water partition coefficient (Wildman–Crippen LogP) is -1.31. The molecular formula is C27H40N8O9. The van der Waals surface area contributed by atoms with Crippen LogP contribution in [0.2, 0.25) is 0 Å². The lowest BCUT2D eigenvalue weighted by Gasteiger charge is -2.61. The highest BCUT2D eigenvalue weighted by molar-refractivity contribution is 5.93. The zero-order valence-electron chi connectivity index (χ0n) is 24.5. The SMILES string of the molecule is C[C@]12C[C@H](O)[C@H]3[C@@H](CCC4=CC(=O)CC(OC(=O)CN(O)C(N)=O)[C@@]43C)[C@@H]1CC[C@]2(O)C(=O)CO.Nc1nc(N)nc(N)n1. The van der Waals surface area contributed by atoms with Crippen LogP contribution < -0.4 is 22.9 Å². The van der Waals surface area contributed by atoms with Crippen molar-refractivity contribution in [1.82, 2.24) is 20.0 Å². The summed E-state index contributed by atoms with van der Waals surface area (Å²) in [6, 6.07) is -1.22. The van der Waals surface area contributed by atoms with Crippen LogP contribution >= 0.6 is 0 Å². The number of Topliss-reactive ketones (excluding diaryl/α,β-unsaturated/α-hetero) is 1. The molecule has 4 aliphatic carbocycles. The lowest BCUT2D eigenvalue weighted by atomic mass is 9.44. The molecule has 44 heavy (non-hydrogen) atoms. The number of nitrogens with two attached hydrogens (primary N) is 4. The second-order valence-electron chi connectivity index (χ2n) is 12.4. The monoisotopic (exact) mass is 620 g/mol. The summed E-state index contributed by atoms with van der Waals surface area (Å²) in [6.45, 7) is 2.08. The Bertz CT molecular complexity index is 1330. The van der Waals surface area contributed by atoms with Crippen molar-refractivity contribution in [2.75, 3.05) is 30.4 Å². The Labute approximate surface area is 252 Å². The van der Waals surface area contributed by atoms with Gasteiger partial charge in [0.15, 0.2) is 11.6 Å². The largest absolute Gasteiger partial charge is 0.460 e. The van der Waals surface area contributed by atoms with Gasteiger partial charge < -0.3 is 43.0 Å². The minimum atomic E-state index is -1.73. The molecule has 8 atom stereocenters. The van der Waals surface area contributed by atoms with Crippen molar-refractivity contribution < 1.29 is 44.4 Å². The summed E-state index contributed by atoms with van der Waals surface area (Å²) < 4.78 is 5.63. The maximum absolute atomic E-state index is 12.6. The first kappa shape index (κ1) is 33.0. The number of esters is 1. The van der Waals surface area contributed by atoms with Crippen LogP contribution in [-0.4, -0.2) is 95.1 Å². The van der Waals surface area contributed by atoms with E-state index in [1.807, 2.05) is 6.92 Å². The number of primary amides is 1. The van der Waals surface area contributed by atoms with E-state index >= 15 is 0 Å². The van der Waals surface area contributed by atoms with Crippen LogP contribution in [0.1, 0.15) is 52.4 Å². The normalized spacial score (nSPS) is 35.5. The van der Waals surface area contributed by atoms with Gasteiger partial charge in [-0.05, 0) is 50.0 Å². The lowest BCUT2D eigenvalue weighted by molar-refractivity contribution is -0.199. The fourth-order valence-electron chi connectivity index (χ4n) is 8.28. The van der Waals surface area contributed by atoms with Crippen molar-refractivity contribution in [1.29, 1.82) is 0 Å². The topological polar surface area (TPSA) is 304 Å². The molecule has 2 amide bonds. The predicted molar refractivity (Wildman–Crippen MR) is 152 cm³/mol. The molecular weight excluding hydrogens is 580 g/mol. The number of urea groups is 1. The molecule has 5 rings (SSSR count). The zero-order chi connectivity index (χ0) is 32.8. The Morgan fingerprint density at radius 2 is 1.68 bits per heavy atom. The van der Waals surface area contributed by atoms with Gasteiger partial charge in [0, 0.05) is 23.2 Å². The molecule has 3 fully saturated rings. The highest BCUT2D eigenvalue weighted by Gasteiger charge is 2.69. The maximum atomic E-state index is 12.6. The first-order valence-corrected chi connectivity index (χ1v) is 14.2. The Morgan fingerprint density at radius 3 is 2.23 bits per heavy atom. The number of aliphatic hydroxyl groups excluding tert-OH is 2. The first-order valence-electron chi connectivity index (χ1n) is 14.2. The molecule has 3 saturated carbocycles. The van der Waals surface area contributed by atoms with Crippen LogP contribution in [0.25, 0.3) is 0 Å². The molecule has 0 aromatic carbocycles. The Kier molecular flexibility index (Phi) is 8.89. The van der Waals surface area contributed by atoms with Gasteiger partial charge in [0.05, 0.1) is 6.10 Å². The molecule has 0 aliphatic heterocycles. The van der Waals surface area contributed by atoms with Gasteiger partial charge in [0.1, 0.15) is 24.9 Å². The number of carbonyl (C=O) groups excluding carboxylic acids is 4. The van der Waals surface area contributed by atoms with E-state index in [9.17, 15) is 39.7 Å². The van der Waals surface area contributed by atoms with Crippen LogP contribution in [0.4, 0.5) is 22.6 Å². The number of ether oxygens (including phenoxy) is 1. The summed E-state index contributed by atoms with van der Waals surface area (Å²) in [5.41, 5.74) is 17.6. The van der Waals surface area contributed by atoms with Crippen molar-refractivity contribution in [2.45, 2.75) is 70.2 Å². The molecule has 0 bridgehead atoms. The summed E-state index contributed by atoms with van der Waals surface area (Å²) in [6.07, 6.45) is 1.55. The Balaban J connectivity index is 0.000000421. The second kappa shape index (κ2) is 11.9. The average molecular weight is 621 g/mol. The van der Waals surface area contributed by atoms with Gasteiger partial charge in [-0.25, -0.2) is 4.79 Å². The van der Waals surface area contributed by atoms with Crippen molar-refractivity contribution in [2.24, 2.45) is 34.3 Å². The molecule has 4 aliphatic rings. The lowest BCUT2D eigenvalue weighted by Crippen LogP contribution is -2.64. The number of hydroxylamine groups is 2. The Morgan fingerprint density at radius 1 is 1.09 bits per heavy atom. The number of amides is 2. The van der Waals surface area contributed by atoms with Gasteiger partial charge in [-0.1, -0.05) is 19.4 Å². The highest BCUT2D eigenvalue weighted by atomic mass is 16.6. The Hall–Kier alpha value is -3.93. The maximum Gasteiger partial charge on any atom is 0.339 e. The van der Waals surface area contributed by atoms with Gasteiger partial charge >= 0.3 is 12.0 Å². The highest BCUT2D eigenvalue weighted by Crippen LogP contribution is 2.67. The van der Waals surface area contributed by atoms with Crippen molar-refractivity contribution >= 4 is 41.4 Å². The van der Waals surface area contributed by atoms with E-state index in [0.717, 1.165) is 5.57 Å². The number of rotatable bonds is 5. The molecule has 12 N–H and O–H groups in total. The van der Waals surface area contributed by atoms with Crippen LogP contribution in [0.5, 0.6) is 0 Å². The van der Waals surface area contributed by atoms with Gasteiger partial charge in [-0.2, -0.15) is 20.0 Å². The van der Waals surface area contributed by atoms with E-state index in [0.29, 0.717) is 19.3 Å². The fourth-order valence-corrected chi connectivity index (χ4v) is 8.28. The van der Waals surface area contributed by atoms with Crippen LogP contribution in [0.3, 0.4) is 0 Å². The average Bonchev–Trinajstić information content (AvgIpc) is 3.19. The van der Waals surface area contributed by atoms with E-state index < -0.39 is 65.5 Å². The molecule has 1 unspecified atom stereocenters. The number of hydrogen-bond acceptors (Lipinski definition) is 15. The third-order valence-electron chi connectivity index (χ3n) is 10.2. The van der Waals surface area contributed by atoms with Crippen molar-refractivity contribution in [3.8, 4) is 0 Å². The number of ketones is 2. The van der Waals surface area contributed by atoms with E-state index in [4.69, 9.17) is 27.7 Å². The van der Waals surface area contributed by atoms with Gasteiger partial charge in [0.25, 0.3) is 0 Å². The summed E-state index contributed by atoms with van der Waals surface area (Å²) in [5.74, 6) is -2.34. The van der Waals surface area contributed by atoms with Crippen LogP contribution in [0.15, 0.2) is 11.6 Å². The zero-order valence-corrected chi connectivity index (χ0v) is 24.5. The number of aromatic nitrogens is 3. The van der Waals surface area contributed by atoms with E-state index in [2.05, 4.69) is 15.0 Å². The molecule has 17 heteroatoms. The molecule has 1 aromatic heterocycles. The van der Waals surface area contributed by atoms with Crippen LogP contribution in [-0.2, 0) is 19.1 Å². The first-order chi connectivity index (χ1) is 20.5. The molecule has 0 saturated heterocycles. The fraction of sp³-hybridized carbons (Fsp3) is 0.667. The summed E-state index contributed by atoms with van der Waals surface area (Å²) in [5, 5.41) is 41.9. The number of fused-ring (bicyclic) bond motifs is 5. The molecule has 17 nitrogen and oxygen atoms in total. The molecule has 1 heterocycles. The summed E-state index contributed by atoms with van der Waals surface area (Å²) >= 11 is 0.